The van der Waals surface area contributed by atoms with Crippen molar-refractivity contribution < 1.29 is 14.3 Å². The Bertz CT molecular complexity index is 617. The molecule has 2 amide bonds. The number of nitrogens with one attached hydrogen (secondary N) is 1. The molecule has 1 aromatic heterocycles. The lowest BCUT2D eigenvalue weighted by atomic mass is 9.97. The molecule has 7 nitrogen and oxygen atoms in total. The summed E-state index contributed by atoms with van der Waals surface area (Å²) >= 11 is 6.13. The molecule has 2 heterocycles. The molecule has 1 N–H and O–H groups in total. The molecule has 0 aliphatic carbocycles. The van der Waals surface area contributed by atoms with Gasteiger partial charge in [0.15, 0.2) is 0 Å². The Balaban J connectivity index is 1.74. The molecule has 0 saturated carbocycles. The summed E-state index contributed by atoms with van der Waals surface area (Å²) in [6.07, 6.45) is 2.44. The van der Waals surface area contributed by atoms with E-state index in [1.165, 1.54) is 7.11 Å². The number of likely N-dealkylation sites (tertiary alicyclic amines) is 1. The van der Waals surface area contributed by atoms with Crippen molar-refractivity contribution in [3.8, 4) is 0 Å². The van der Waals surface area contributed by atoms with Crippen molar-refractivity contribution >= 4 is 23.4 Å². The number of methoxy groups -OCH3 is 1. The van der Waals surface area contributed by atoms with E-state index in [9.17, 15) is 9.59 Å². The summed E-state index contributed by atoms with van der Waals surface area (Å²) in [5.74, 6) is -0.180. The summed E-state index contributed by atoms with van der Waals surface area (Å²) in [7, 11) is 1.50. The SMILES string of the molecule is COCC(=O)N1CCCC(C(=O)NCCCn2nc(C)c(Cl)c2C)C1. The quantitative estimate of drug-likeness (QED) is 0.739. The van der Waals surface area contributed by atoms with Crippen LogP contribution in [0, 0.1) is 19.8 Å². The Morgan fingerprint density at radius 2 is 2.16 bits per heavy atom. The van der Waals surface area contributed by atoms with Crippen LogP contribution in [0.15, 0.2) is 0 Å². The minimum Gasteiger partial charge on any atom is -0.375 e. The summed E-state index contributed by atoms with van der Waals surface area (Å²) in [6, 6.07) is 0. The van der Waals surface area contributed by atoms with Gasteiger partial charge in [-0.15, -0.1) is 0 Å². The van der Waals surface area contributed by atoms with Crippen molar-refractivity contribution in [1.82, 2.24) is 20.0 Å². The standard InChI is InChI=1S/C17H27ClN4O3/c1-12-16(18)13(2)22(20-12)9-5-7-19-17(24)14-6-4-8-21(10-14)15(23)11-25-3/h14H,4-11H2,1-3H3,(H,19,24). The number of hydrogen-bond acceptors (Lipinski definition) is 4. The monoisotopic (exact) mass is 370 g/mol. The molecule has 1 saturated heterocycles. The van der Waals surface area contributed by atoms with Crippen LogP contribution in [0.25, 0.3) is 0 Å². The maximum Gasteiger partial charge on any atom is 0.248 e. The van der Waals surface area contributed by atoms with E-state index in [4.69, 9.17) is 16.3 Å². The van der Waals surface area contributed by atoms with Crippen molar-refractivity contribution in [3.05, 3.63) is 16.4 Å². The first kappa shape index (κ1) is 19.7. The molecule has 1 aliphatic rings. The number of rotatable bonds is 7. The number of halogens is 1. The molecule has 140 valence electrons. The second-order valence-corrected chi connectivity index (χ2v) is 6.84. The molecule has 2 rings (SSSR count). The van der Waals surface area contributed by atoms with Gasteiger partial charge in [0.05, 0.1) is 22.3 Å². The fourth-order valence-electron chi connectivity index (χ4n) is 3.11. The van der Waals surface area contributed by atoms with Gasteiger partial charge >= 0.3 is 0 Å². The Morgan fingerprint density at radius 3 is 2.80 bits per heavy atom. The van der Waals surface area contributed by atoms with Gasteiger partial charge in [-0.1, -0.05) is 11.6 Å². The number of aryl methyl sites for hydroxylation is 2. The molecule has 0 bridgehead atoms. The molecule has 1 atom stereocenters. The van der Waals surface area contributed by atoms with Crippen LogP contribution in [0.5, 0.6) is 0 Å². The molecular weight excluding hydrogens is 344 g/mol. The van der Waals surface area contributed by atoms with Crippen LogP contribution >= 0.6 is 11.6 Å². The van der Waals surface area contributed by atoms with Crippen molar-refractivity contribution in [2.75, 3.05) is 33.4 Å². The predicted octanol–water partition coefficient (Wildman–Crippen LogP) is 1.54. The number of carbonyl (C=O) groups excluding carboxylic acids is 2. The molecule has 8 heteroatoms. The van der Waals surface area contributed by atoms with Gasteiger partial charge in [-0.2, -0.15) is 5.10 Å². The first-order chi connectivity index (χ1) is 11.9. The molecule has 0 spiro atoms. The summed E-state index contributed by atoms with van der Waals surface area (Å²) in [5, 5.41) is 8.05. The smallest absolute Gasteiger partial charge is 0.248 e. The first-order valence-corrected chi connectivity index (χ1v) is 9.05. The fraction of sp³-hybridized carbons (Fsp3) is 0.706. The lowest BCUT2D eigenvalue weighted by Crippen LogP contribution is -2.46. The van der Waals surface area contributed by atoms with E-state index in [-0.39, 0.29) is 24.3 Å². The number of ether oxygens (including phenoxy) is 1. The molecule has 0 radical (unpaired) electrons. The number of hydrogen-bond donors (Lipinski definition) is 1. The highest BCUT2D eigenvalue weighted by Gasteiger charge is 2.27. The minimum absolute atomic E-state index is 0.0151. The van der Waals surface area contributed by atoms with Gasteiger partial charge in [0, 0.05) is 33.3 Å². The van der Waals surface area contributed by atoms with E-state index in [1.807, 2.05) is 18.5 Å². The van der Waals surface area contributed by atoms with Crippen LogP contribution < -0.4 is 5.32 Å². The Hall–Kier alpha value is -1.60. The zero-order valence-corrected chi connectivity index (χ0v) is 15.9. The molecule has 1 fully saturated rings. The van der Waals surface area contributed by atoms with Gasteiger partial charge in [0.1, 0.15) is 6.61 Å². The highest BCUT2D eigenvalue weighted by Crippen LogP contribution is 2.19. The third kappa shape index (κ3) is 5.19. The van der Waals surface area contributed by atoms with Crippen molar-refractivity contribution in [1.29, 1.82) is 0 Å². The van der Waals surface area contributed by atoms with Crippen LogP contribution in [-0.2, 0) is 20.9 Å². The third-order valence-electron chi connectivity index (χ3n) is 4.55. The van der Waals surface area contributed by atoms with Gasteiger partial charge in [0.25, 0.3) is 0 Å². The summed E-state index contributed by atoms with van der Waals surface area (Å²) in [5.41, 5.74) is 1.77. The van der Waals surface area contributed by atoms with E-state index >= 15 is 0 Å². The molecule has 25 heavy (non-hydrogen) atoms. The minimum atomic E-state index is -0.141. The van der Waals surface area contributed by atoms with Crippen LogP contribution in [0.3, 0.4) is 0 Å². The lowest BCUT2D eigenvalue weighted by Gasteiger charge is -2.31. The second kappa shape index (κ2) is 9.20. The first-order valence-electron chi connectivity index (χ1n) is 8.68. The number of amides is 2. The Labute approximate surface area is 153 Å². The normalized spacial score (nSPS) is 17.6. The van der Waals surface area contributed by atoms with Crippen LogP contribution in [-0.4, -0.2) is 59.8 Å². The number of piperidine rings is 1. The van der Waals surface area contributed by atoms with E-state index < -0.39 is 0 Å². The highest BCUT2D eigenvalue weighted by atomic mass is 35.5. The third-order valence-corrected chi connectivity index (χ3v) is 5.10. The second-order valence-electron chi connectivity index (χ2n) is 6.46. The maximum absolute atomic E-state index is 12.3. The van der Waals surface area contributed by atoms with E-state index in [0.29, 0.717) is 31.2 Å². The summed E-state index contributed by atoms with van der Waals surface area (Å²) in [6.45, 7) is 6.35. The zero-order chi connectivity index (χ0) is 18.4. The average Bonchev–Trinajstić information content (AvgIpc) is 2.86. The van der Waals surface area contributed by atoms with Crippen LogP contribution in [0.1, 0.15) is 30.7 Å². The predicted molar refractivity (Wildman–Crippen MR) is 95.5 cm³/mol. The molecule has 0 aromatic carbocycles. The number of carbonyl (C=O) groups is 2. The van der Waals surface area contributed by atoms with E-state index in [1.54, 1.807) is 4.90 Å². The zero-order valence-electron chi connectivity index (χ0n) is 15.2. The van der Waals surface area contributed by atoms with Gasteiger partial charge in [0.2, 0.25) is 11.8 Å². The molecular formula is C17H27ClN4O3. The van der Waals surface area contributed by atoms with Gasteiger partial charge in [-0.25, -0.2) is 0 Å². The topological polar surface area (TPSA) is 76.5 Å². The maximum atomic E-state index is 12.3. The Morgan fingerprint density at radius 1 is 1.40 bits per heavy atom. The molecule has 1 aliphatic heterocycles. The highest BCUT2D eigenvalue weighted by molar-refractivity contribution is 6.31. The van der Waals surface area contributed by atoms with Gasteiger partial charge in [-0.3, -0.25) is 14.3 Å². The van der Waals surface area contributed by atoms with Crippen LogP contribution in [0.2, 0.25) is 5.02 Å². The summed E-state index contributed by atoms with van der Waals surface area (Å²) < 4.78 is 6.75. The Kier molecular flexibility index (Phi) is 7.25. The van der Waals surface area contributed by atoms with E-state index in [0.717, 1.165) is 30.7 Å². The number of nitrogens with zero attached hydrogens (tertiary/aromatic N) is 3. The van der Waals surface area contributed by atoms with E-state index in [2.05, 4.69) is 10.4 Å². The molecule has 1 unspecified atom stereocenters. The summed E-state index contributed by atoms with van der Waals surface area (Å²) in [4.78, 5) is 25.9. The number of aromatic nitrogens is 2. The van der Waals surface area contributed by atoms with Gasteiger partial charge in [-0.05, 0) is 33.1 Å². The molecule has 1 aromatic rings. The average molecular weight is 371 g/mol. The van der Waals surface area contributed by atoms with Crippen molar-refractivity contribution in [2.45, 2.75) is 39.7 Å². The lowest BCUT2D eigenvalue weighted by molar-refractivity contribution is -0.138. The van der Waals surface area contributed by atoms with Crippen molar-refractivity contribution in [3.63, 3.8) is 0 Å². The van der Waals surface area contributed by atoms with Crippen LogP contribution in [0.4, 0.5) is 0 Å². The fourth-order valence-corrected chi connectivity index (χ4v) is 3.25. The van der Waals surface area contributed by atoms with Gasteiger partial charge < -0.3 is 15.0 Å². The van der Waals surface area contributed by atoms with Crippen molar-refractivity contribution in [2.24, 2.45) is 5.92 Å². The largest absolute Gasteiger partial charge is 0.375 e.